The molecule has 1 fully saturated rings. The molecule has 37 heavy (non-hydrogen) atoms. The molecule has 10 nitrogen and oxygen atoms in total. The number of aromatic nitrogens is 1. The van der Waals surface area contributed by atoms with Crippen LogP contribution < -0.4 is 5.32 Å². The number of hydrogen-bond donors (Lipinski definition) is 2. The zero-order valence-corrected chi connectivity index (χ0v) is 22.1. The Kier molecular flexibility index (Phi) is 8.53. The lowest BCUT2D eigenvalue weighted by atomic mass is 9.95. The number of likely N-dealkylation sites (tertiary alicyclic amines) is 1. The number of alkyl halides is 2. The Hall–Kier alpha value is -1.74. The van der Waals surface area contributed by atoms with E-state index in [0.29, 0.717) is 5.01 Å². The molecular formula is C19H15Cl3F3N4O6PS. The summed E-state index contributed by atoms with van der Waals surface area (Å²) in [5.74, 6) is -5.46. The van der Waals surface area contributed by atoms with Crippen LogP contribution in [0.2, 0.25) is 5.02 Å². The molecule has 2 aliphatic rings. The number of hydrogen-bond acceptors (Lipinski definition) is 10. The van der Waals surface area contributed by atoms with Gasteiger partial charge in [0.2, 0.25) is 0 Å². The van der Waals surface area contributed by atoms with Crippen molar-refractivity contribution in [1.29, 1.82) is 0 Å². The van der Waals surface area contributed by atoms with Crippen molar-refractivity contribution in [3.05, 3.63) is 62.5 Å². The van der Waals surface area contributed by atoms with Crippen LogP contribution in [0.15, 0.2) is 46.0 Å². The summed E-state index contributed by atoms with van der Waals surface area (Å²) in [6, 6.07) is 2.18. The van der Waals surface area contributed by atoms with Crippen LogP contribution >= 0.6 is 54.5 Å². The molecule has 4 rings (SSSR count). The highest BCUT2D eigenvalue weighted by Crippen LogP contribution is 2.55. The van der Waals surface area contributed by atoms with E-state index in [1.807, 2.05) is 0 Å². The molecule has 0 amide bonds. The van der Waals surface area contributed by atoms with Crippen LogP contribution in [0, 0.1) is 5.82 Å². The first-order valence-corrected chi connectivity index (χ1v) is 13.4. The Labute approximate surface area is 226 Å². The average molecular weight is 622 g/mol. The van der Waals surface area contributed by atoms with Gasteiger partial charge in [0.25, 0.3) is 5.92 Å². The van der Waals surface area contributed by atoms with Gasteiger partial charge in [-0.25, -0.2) is 27.5 Å². The van der Waals surface area contributed by atoms with E-state index in [4.69, 9.17) is 39.9 Å². The van der Waals surface area contributed by atoms with Crippen LogP contribution in [0.3, 0.4) is 0 Å². The summed E-state index contributed by atoms with van der Waals surface area (Å²) in [5, 5.41) is 14.9. The van der Waals surface area contributed by atoms with Gasteiger partial charge >= 0.3 is 13.8 Å². The molecule has 1 aromatic heterocycles. The molecule has 3 heterocycles. The van der Waals surface area contributed by atoms with Crippen molar-refractivity contribution in [1.82, 2.24) is 15.2 Å². The van der Waals surface area contributed by atoms with Gasteiger partial charge in [-0.3, -0.25) is 14.4 Å². The predicted octanol–water partition coefficient (Wildman–Crippen LogP) is 5.15. The summed E-state index contributed by atoms with van der Waals surface area (Å²) >= 11 is 17.4. The van der Waals surface area contributed by atoms with Crippen LogP contribution in [0.4, 0.5) is 13.2 Å². The molecule has 2 N–H and O–H groups in total. The summed E-state index contributed by atoms with van der Waals surface area (Å²) in [6.07, 6.45) is -0.512. The number of aliphatic carboxylic acids is 1. The highest BCUT2D eigenvalue weighted by Gasteiger charge is 2.53. The van der Waals surface area contributed by atoms with Gasteiger partial charge in [0.1, 0.15) is 18.0 Å². The van der Waals surface area contributed by atoms with Crippen molar-refractivity contribution in [2.24, 2.45) is 4.99 Å². The third kappa shape index (κ3) is 6.13. The van der Waals surface area contributed by atoms with Crippen LogP contribution in [-0.4, -0.2) is 58.5 Å². The molecule has 1 unspecified atom stereocenters. The zero-order chi connectivity index (χ0) is 27.0. The van der Waals surface area contributed by atoms with E-state index < -0.39 is 50.8 Å². The summed E-state index contributed by atoms with van der Waals surface area (Å²) in [7, 11) is -4.68. The lowest BCUT2D eigenvalue weighted by molar-refractivity contribution is -0.133. The number of phosphoric acid groups is 1. The van der Waals surface area contributed by atoms with Gasteiger partial charge in [-0.1, -0.05) is 17.7 Å². The van der Waals surface area contributed by atoms with Gasteiger partial charge in [0.05, 0.1) is 35.8 Å². The molecule has 0 aliphatic carbocycles. The van der Waals surface area contributed by atoms with Gasteiger partial charge in [-0.2, -0.15) is 8.15 Å². The van der Waals surface area contributed by atoms with Crippen molar-refractivity contribution in [2.45, 2.75) is 18.1 Å². The van der Waals surface area contributed by atoms with Gasteiger partial charge in [0, 0.05) is 40.9 Å². The Morgan fingerprint density at radius 3 is 2.68 bits per heavy atom. The Morgan fingerprint density at radius 2 is 2.08 bits per heavy atom. The van der Waals surface area contributed by atoms with Gasteiger partial charge in [0.15, 0.2) is 10.8 Å². The van der Waals surface area contributed by atoms with Crippen LogP contribution in [-0.2, 0) is 22.0 Å². The molecule has 0 spiro atoms. The third-order valence-electron chi connectivity index (χ3n) is 5.39. The molecule has 18 heteroatoms. The highest BCUT2D eigenvalue weighted by molar-refractivity contribution is 7.50. The van der Waals surface area contributed by atoms with E-state index >= 15 is 0 Å². The van der Waals surface area contributed by atoms with Crippen LogP contribution in [0.5, 0.6) is 0 Å². The van der Waals surface area contributed by atoms with E-state index in [2.05, 4.69) is 23.4 Å². The number of benzene rings is 1. The molecule has 2 aromatic rings. The first-order chi connectivity index (χ1) is 17.5. The second-order valence-electron chi connectivity index (χ2n) is 7.82. The number of halogens is 6. The average Bonchev–Trinajstić information content (AvgIpc) is 3.46. The number of aliphatic imine (C=N–C) groups is 1. The van der Waals surface area contributed by atoms with Crippen molar-refractivity contribution in [3.63, 3.8) is 0 Å². The molecule has 1 saturated heterocycles. The normalized spacial score (nSPS) is 22.2. The van der Waals surface area contributed by atoms with E-state index in [-0.39, 0.29) is 34.2 Å². The first-order valence-electron chi connectivity index (χ1n) is 10.1. The molecule has 0 saturated carbocycles. The maximum Gasteiger partial charge on any atom is 0.508 e. The number of nitrogens with zero attached hydrogens (tertiary/aromatic N) is 3. The van der Waals surface area contributed by atoms with Gasteiger partial charge in [-0.15, -0.1) is 11.3 Å². The number of carbonyl (C=O) groups is 1. The van der Waals surface area contributed by atoms with Gasteiger partial charge in [-0.05, 0) is 12.1 Å². The predicted molar refractivity (Wildman–Crippen MR) is 128 cm³/mol. The number of carboxylic acid groups (broad SMARTS) is 1. The quantitative estimate of drug-likeness (QED) is 0.366. The van der Waals surface area contributed by atoms with Crippen LogP contribution in [0.25, 0.3) is 0 Å². The maximum atomic E-state index is 14.7. The number of amidine groups is 1. The number of rotatable bonds is 9. The lowest BCUT2D eigenvalue weighted by Gasteiger charge is -2.28. The fraction of sp³-hybridized carbons (Fsp3) is 0.316. The minimum atomic E-state index is -4.68. The number of carboxylic acids is 1. The first kappa shape index (κ1) is 28.3. The summed E-state index contributed by atoms with van der Waals surface area (Å²) in [4.78, 5) is 22.1. The maximum absolute atomic E-state index is 14.7. The minimum absolute atomic E-state index is 0.0000823. The molecule has 0 bridgehead atoms. The Balaban J connectivity index is 1.70. The van der Waals surface area contributed by atoms with E-state index in [0.717, 1.165) is 17.0 Å². The molecule has 2 aliphatic heterocycles. The standard InChI is InChI=1S/C19H15Cl3F3N4O6PS/c20-11-5-9(23)1-2-10(11)15-14(18(30)31)12(27-16(28-15)17-26-3-4-37-17)6-29-7-13(19(24,25)8-29)33-36(32,34-21)35-22/h1-5,13,15H,6-8H2,(H,27,28)(H,30,31)/t13?,15-/m0/s1. The fourth-order valence-corrected chi connectivity index (χ4v) is 5.78. The van der Waals surface area contributed by atoms with E-state index in [1.165, 1.54) is 23.6 Å². The second-order valence-corrected chi connectivity index (χ2v) is 11.3. The largest absolute Gasteiger partial charge is 0.508 e. The second kappa shape index (κ2) is 11.2. The van der Waals surface area contributed by atoms with Gasteiger partial charge < -0.3 is 10.4 Å². The molecule has 1 aromatic carbocycles. The van der Waals surface area contributed by atoms with E-state index in [9.17, 15) is 27.6 Å². The molecule has 200 valence electrons. The Bertz CT molecular complexity index is 1290. The summed E-state index contributed by atoms with van der Waals surface area (Å²) < 4.78 is 67.7. The SMILES string of the molecule is O=C(O)C1=C(CN2CC(OP(=O)(OCl)OCl)C(F)(F)C2)NC(c2nccs2)=N[C@H]1c1ccc(F)cc1Cl. The number of nitrogens with one attached hydrogen (secondary N) is 1. The smallest absolute Gasteiger partial charge is 0.478 e. The lowest BCUT2D eigenvalue weighted by Crippen LogP contribution is -2.39. The van der Waals surface area contributed by atoms with Crippen LogP contribution in [0.1, 0.15) is 16.6 Å². The molecule has 0 radical (unpaired) electrons. The topological polar surface area (TPSA) is 123 Å². The Morgan fingerprint density at radius 1 is 1.35 bits per heavy atom. The fourth-order valence-electron chi connectivity index (χ4n) is 3.86. The summed E-state index contributed by atoms with van der Waals surface area (Å²) in [6.45, 7) is -1.79. The van der Waals surface area contributed by atoms with Crippen molar-refractivity contribution in [2.75, 3.05) is 19.6 Å². The highest BCUT2D eigenvalue weighted by atomic mass is 35.5. The summed E-state index contributed by atoms with van der Waals surface area (Å²) in [5.41, 5.74) is -0.124. The minimum Gasteiger partial charge on any atom is -0.478 e. The third-order valence-corrected chi connectivity index (χ3v) is 8.36. The van der Waals surface area contributed by atoms with Crippen molar-refractivity contribution < 1.29 is 40.3 Å². The van der Waals surface area contributed by atoms with E-state index in [1.54, 1.807) is 5.38 Å². The van der Waals surface area contributed by atoms with Crippen molar-refractivity contribution >= 4 is 66.3 Å². The van der Waals surface area contributed by atoms with Crippen molar-refractivity contribution in [3.8, 4) is 0 Å². The molecule has 2 atom stereocenters. The zero-order valence-electron chi connectivity index (χ0n) is 18.1. The monoisotopic (exact) mass is 620 g/mol. The number of thiazole rings is 1. The molecular weight excluding hydrogens is 607 g/mol.